The number of hydrogen-bond acceptors (Lipinski definition) is 0. The van der Waals surface area contributed by atoms with Crippen LogP contribution in [0.25, 0.3) is 10.9 Å². The third-order valence-corrected chi connectivity index (χ3v) is 4.28. The van der Waals surface area contributed by atoms with E-state index in [9.17, 15) is 13.2 Å². The Morgan fingerprint density at radius 1 is 1.00 bits per heavy atom. The van der Waals surface area contributed by atoms with Crippen LogP contribution in [0, 0.1) is 6.92 Å². The van der Waals surface area contributed by atoms with Crippen LogP contribution in [-0.4, -0.2) is 4.57 Å². The van der Waals surface area contributed by atoms with Crippen molar-refractivity contribution in [1.82, 2.24) is 4.57 Å². The van der Waals surface area contributed by atoms with E-state index in [1.165, 1.54) is 16.7 Å². The molecule has 0 saturated heterocycles. The lowest BCUT2D eigenvalue weighted by molar-refractivity contribution is -0.143. The van der Waals surface area contributed by atoms with Gasteiger partial charge < -0.3 is 4.57 Å². The molecule has 3 aromatic rings. The van der Waals surface area contributed by atoms with Crippen LogP contribution in [0.3, 0.4) is 0 Å². The minimum Gasteiger partial charge on any atom is -0.332 e. The zero-order chi connectivity index (χ0) is 16.8. The summed E-state index contributed by atoms with van der Waals surface area (Å²) in [5.41, 5.74) is 1.32. The molecule has 0 bridgehead atoms. The SMILES string of the molecule is Cc1ccc2c(c1)cc(C(F)(F)F)n2Cc1ccc(Cl)cc1Cl. The first-order chi connectivity index (χ1) is 10.8. The second kappa shape index (κ2) is 5.77. The molecule has 0 unspecified atom stereocenters. The van der Waals surface area contributed by atoms with Crippen LogP contribution in [0.2, 0.25) is 10.0 Å². The van der Waals surface area contributed by atoms with Crippen molar-refractivity contribution in [1.29, 1.82) is 0 Å². The van der Waals surface area contributed by atoms with E-state index in [0.29, 0.717) is 26.5 Å². The Labute approximate surface area is 141 Å². The highest BCUT2D eigenvalue weighted by Crippen LogP contribution is 2.35. The first-order valence-corrected chi connectivity index (χ1v) is 7.62. The van der Waals surface area contributed by atoms with Gasteiger partial charge in [0.25, 0.3) is 0 Å². The van der Waals surface area contributed by atoms with Crippen molar-refractivity contribution in [2.75, 3.05) is 0 Å². The van der Waals surface area contributed by atoms with Gasteiger partial charge in [-0.2, -0.15) is 13.2 Å². The number of hydrogen-bond donors (Lipinski definition) is 0. The third kappa shape index (κ3) is 3.19. The summed E-state index contributed by atoms with van der Waals surface area (Å²) in [7, 11) is 0. The molecule has 1 heterocycles. The number of alkyl halides is 3. The zero-order valence-electron chi connectivity index (χ0n) is 12.1. The molecule has 0 saturated carbocycles. The average Bonchev–Trinajstić information content (AvgIpc) is 2.79. The van der Waals surface area contributed by atoms with Gasteiger partial charge in [0.15, 0.2) is 0 Å². The largest absolute Gasteiger partial charge is 0.431 e. The molecule has 0 spiro atoms. The van der Waals surface area contributed by atoms with Gasteiger partial charge in [-0.1, -0.05) is 40.9 Å². The summed E-state index contributed by atoms with van der Waals surface area (Å²) < 4.78 is 41.4. The number of halogens is 5. The summed E-state index contributed by atoms with van der Waals surface area (Å²) in [6.45, 7) is 1.87. The molecule has 0 atom stereocenters. The molecule has 1 nitrogen and oxygen atoms in total. The second-order valence-corrected chi connectivity index (χ2v) is 6.26. The van der Waals surface area contributed by atoms with Gasteiger partial charge in [0.05, 0.1) is 0 Å². The highest BCUT2D eigenvalue weighted by molar-refractivity contribution is 6.35. The van der Waals surface area contributed by atoms with Crippen LogP contribution >= 0.6 is 23.2 Å². The van der Waals surface area contributed by atoms with Gasteiger partial charge in [0, 0.05) is 27.5 Å². The van der Waals surface area contributed by atoms with E-state index in [1.54, 1.807) is 30.3 Å². The number of benzene rings is 2. The molecule has 1 aromatic heterocycles. The van der Waals surface area contributed by atoms with Gasteiger partial charge in [0.1, 0.15) is 5.69 Å². The van der Waals surface area contributed by atoms with Crippen molar-refractivity contribution < 1.29 is 13.2 Å². The predicted molar refractivity (Wildman–Crippen MR) is 87.2 cm³/mol. The minimum atomic E-state index is -4.44. The molecule has 3 rings (SSSR count). The van der Waals surface area contributed by atoms with Crippen molar-refractivity contribution >= 4 is 34.1 Å². The standard InChI is InChI=1S/C17H12Cl2F3N/c1-10-2-5-15-12(6-10)7-16(17(20,21)22)23(15)9-11-3-4-13(18)8-14(11)19/h2-8H,9H2,1H3. The van der Waals surface area contributed by atoms with Gasteiger partial charge in [-0.15, -0.1) is 0 Å². The van der Waals surface area contributed by atoms with Crippen molar-refractivity contribution in [3.8, 4) is 0 Å². The van der Waals surface area contributed by atoms with Gasteiger partial charge in [-0.25, -0.2) is 0 Å². The Balaban J connectivity index is 2.18. The molecule has 0 N–H and O–H groups in total. The van der Waals surface area contributed by atoms with Crippen molar-refractivity contribution in [3.05, 3.63) is 69.3 Å². The fourth-order valence-corrected chi connectivity index (χ4v) is 3.08. The molecule has 0 aliphatic rings. The Bertz CT molecular complexity index is 881. The Morgan fingerprint density at radius 2 is 1.74 bits per heavy atom. The topological polar surface area (TPSA) is 4.93 Å². The summed E-state index contributed by atoms with van der Waals surface area (Å²) in [6, 6.07) is 11.2. The smallest absolute Gasteiger partial charge is 0.332 e. The Kier molecular flexibility index (Phi) is 4.07. The molecular weight excluding hydrogens is 346 g/mol. The monoisotopic (exact) mass is 357 g/mol. The van der Waals surface area contributed by atoms with Crippen molar-refractivity contribution in [2.24, 2.45) is 0 Å². The number of rotatable bonds is 2. The zero-order valence-corrected chi connectivity index (χ0v) is 13.6. The summed E-state index contributed by atoms with van der Waals surface area (Å²) in [5.74, 6) is 0. The van der Waals surface area contributed by atoms with Gasteiger partial charge in [-0.3, -0.25) is 0 Å². The fraction of sp³-hybridized carbons (Fsp3) is 0.176. The van der Waals surface area contributed by atoms with E-state index in [4.69, 9.17) is 23.2 Å². The van der Waals surface area contributed by atoms with E-state index in [0.717, 1.165) is 5.56 Å². The molecule has 6 heteroatoms. The Hall–Kier alpha value is -1.65. The number of nitrogens with zero attached hydrogens (tertiary/aromatic N) is 1. The van der Waals surface area contributed by atoms with Crippen LogP contribution in [0.5, 0.6) is 0 Å². The molecule has 0 fully saturated rings. The highest BCUT2D eigenvalue weighted by atomic mass is 35.5. The van der Waals surface area contributed by atoms with E-state index < -0.39 is 11.9 Å². The van der Waals surface area contributed by atoms with Crippen LogP contribution in [0.15, 0.2) is 42.5 Å². The van der Waals surface area contributed by atoms with Crippen LogP contribution < -0.4 is 0 Å². The molecule has 0 radical (unpaired) electrons. The molecule has 2 aromatic carbocycles. The molecule has 0 aliphatic carbocycles. The van der Waals surface area contributed by atoms with E-state index in [1.807, 2.05) is 6.92 Å². The summed E-state index contributed by atoms with van der Waals surface area (Å²) >= 11 is 12.0. The molecule has 120 valence electrons. The van der Waals surface area contributed by atoms with E-state index >= 15 is 0 Å². The predicted octanol–water partition coefficient (Wildman–Crippen LogP) is 6.32. The normalized spacial score (nSPS) is 12.1. The van der Waals surface area contributed by atoms with Gasteiger partial charge >= 0.3 is 6.18 Å². The summed E-state index contributed by atoms with van der Waals surface area (Å²) in [5, 5.41) is 1.35. The van der Waals surface area contributed by atoms with Crippen LogP contribution in [-0.2, 0) is 12.7 Å². The third-order valence-electron chi connectivity index (χ3n) is 3.69. The minimum absolute atomic E-state index is 0.0252. The second-order valence-electron chi connectivity index (χ2n) is 5.41. The summed E-state index contributed by atoms with van der Waals surface area (Å²) in [4.78, 5) is 0. The fourth-order valence-electron chi connectivity index (χ4n) is 2.62. The lowest BCUT2D eigenvalue weighted by Crippen LogP contribution is -2.14. The first-order valence-electron chi connectivity index (χ1n) is 6.87. The molecule has 0 aliphatic heterocycles. The van der Waals surface area contributed by atoms with Gasteiger partial charge in [-0.05, 0) is 42.8 Å². The van der Waals surface area contributed by atoms with Crippen molar-refractivity contribution in [3.63, 3.8) is 0 Å². The van der Waals surface area contributed by atoms with Crippen molar-refractivity contribution in [2.45, 2.75) is 19.6 Å². The Morgan fingerprint density at radius 3 is 2.39 bits per heavy atom. The van der Waals surface area contributed by atoms with Crippen LogP contribution in [0.1, 0.15) is 16.8 Å². The highest BCUT2D eigenvalue weighted by Gasteiger charge is 2.35. The lowest BCUT2D eigenvalue weighted by Gasteiger charge is -2.14. The number of fused-ring (bicyclic) bond motifs is 1. The number of aromatic nitrogens is 1. The van der Waals surface area contributed by atoms with Crippen LogP contribution in [0.4, 0.5) is 13.2 Å². The van der Waals surface area contributed by atoms with Gasteiger partial charge in [0.2, 0.25) is 0 Å². The van der Waals surface area contributed by atoms with E-state index in [2.05, 4.69) is 0 Å². The maximum Gasteiger partial charge on any atom is 0.431 e. The maximum atomic E-state index is 13.4. The quantitative estimate of drug-likeness (QED) is 0.505. The maximum absolute atomic E-state index is 13.4. The average molecular weight is 358 g/mol. The molecular formula is C17H12Cl2F3N. The first kappa shape index (κ1) is 16.2. The molecule has 0 amide bonds. The number of aryl methyl sites for hydroxylation is 1. The molecule has 23 heavy (non-hydrogen) atoms. The summed E-state index contributed by atoms with van der Waals surface area (Å²) in [6.07, 6.45) is -4.44. The lowest BCUT2D eigenvalue weighted by atomic mass is 10.2. The van der Waals surface area contributed by atoms with E-state index in [-0.39, 0.29) is 6.54 Å².